The third-order valence-corrected chi connectivity index (χ3v) is 4.73. The third-order valence-electron chi connectivity index (χ3n) is 3.91. The average molecular weight is 339 g/mol. The molecule has 1 heterocycles. The number of thiazole rings is 1. The molecule has 0 aromatic carbocycles. The number of rotatable bonds is 9. The highest BCUT2D eigenvalue weighted by Crippen LogP contribution is 2.20. The number of nitrogens with zero attached hydrogens (tertiary/aromatic N) is 2. The van der Waals surface area contributed by atoms with E-state index in [9.17, 15) is 0 Å². The van der Waals surface area contributed by atoms with Crippen molar-refractivity contribution in [2.45, 2.75) is 58.5 Å². The molecule has 6 heteroatoms. The van der Waals surface area contributed by atoms with Crippen molar-refractivity contribution in [2.75, 3.05) is 26.2 Å². The zero-order chi connectivity index (χ0) is 16.3. The first-order valence-electron chi connectivity index (χ1n) is 8.82. The Labute approximate surface area is 144 Å². The monoisotopic (exact) mass is 338 g/mol. The van der Waals surface area contributed by atoms with Gasteiger partial charge in [0.2, 0.25) is 0 Å². The summed E-state index contributed by atoms with van der Waals surface area (Å²) < 4.78 is 5.87. The Morgan fingerprint density at radius 2 is 2.22 bits per heavy atom. The molecule has 2 rings (SSSR count). The lowest BCUT2D eigenvalue weighted by molar-refractivity contribution is 0.0579. The molecule has 130 valence electrons. The molecule has 1 aromatic heterocycles. The van der Waals surface area contributed by atoms with E-state index >= 15 is 0 Å². The standard InChI is InChI=1S/C17H30N4OS/c1-3-18-17(20-11-9-15-13-23-14(2)21-15)19-10-6-12-22-16-7-4-5-8-16/h13,16H,3-12H2,1-2H3,(H2,18,19,20). The largest absolute Gasteiger partial charge is 0.378 e. The van der Waals surface area contributed by atoms with Gasteiger partial charge in [-0.3, -0.25) is 4.99 Å². The number of nitrogens with one attached hydrogen (secondary N) is 2. The van der Waals surface area contributed by atoms with Crippen LogP contribution in [0.15, 0.2) is 10.4 Å². The average Bonchev–Trinajstić information content (AvgIpc) is 3.19. The first-order chi connectivity index (χ1) is 11.3. The van der Waals surface area contributed by atoms with Crippen LogP contribution in [0.25, 0.3) is 0 Å². The van der Waals surface area contributed by atoms with Crippen molar-refractivity contribution in [3.63, 3.8) is 0 Å². The van der Waals surface area contributed by atoms with E-state index in [0.29, 0.717) is 6.10 Å². The number of ether oxygens (including phenoxy) is 1. The van der Waals surface area contributed by atoms with Crippen molar-refractivity contribution in [3.8, 4) is 0 Å². The summed E-state index contributed by atoms with van der Waals surface area (Å²) in [5.41, 5.74) is 1.15. The molecule has 0 radical (unpaired) electrons. The maximum Gasteiger partial charge on any atom is 0.191 e. The fourth-order valence-corrected chi connectivity index (χ4v) is 3.38. The summed E-state index contributed by atoms with van der Waals surface area (Å²) in [7, 11) is 0. The summed E-state index contributed by atoms with van der Waals surface area (Å²) >= 11 is 1.70. The number of guanidine groups is 1. The lowest BCUT2D eigenvalue weighted by Crippen LogP contribution is -2.38. The topological polar surface area (TPSA) is 58.5 Å². The van der Waals surface area contributed by atoms with E-state index in [1.807, 2.05) is 6.92 Å². The summed E-state index contributed by atoms with van der Waals surface area (Å²) in [5.74, 6) is 0.889. The Morgan fingerprint density at radius 3 is 2.91 bits per heavy atom. The van der Waals surface area contributed by atoms with Crippen molar-refractivity contribution in [2.24, 2.45) is 4.99 Å². The second kappa shape index (κ2) is 10.6. The van der Waals surface area contributed by atoms with Crippen LogP contribution in [-0.4, -0.2) is 43.3 Å². The maximum atomic E-state index is 5.87. The van der Waals surface area contributed by atoms with Gasteiger partial charge >= 0.3 is 0 Å². The van der Waals surface area contributed by atoms with Crippen LogP contribution in [0.4, 0.5) is 0 Å². The first kappa shape index (κ1) is 18.2. The number of aliphatic imine (C=N–C) groups is 1. The number of aromatic nitrogens is 1. The predicted molar refractivity (Wildman–Crippen MR) is 97.4 cm³/mol. The SMILES string of the molecule is CCNC(=NCCCOC1CCCC1)NCCc1csc(C)n1. The third kappa shape index (κ3) is 7.31. The summed E-state index contributed by atoms with van der Waals surface area (Å²) in [6.45, 7) is 7.49. The molecule has 0 spiro atoms. The van der Waals surface area contributed by atoms with Crippen molar-refractivity contribution in [1.82, 2.24) is 15.6 Å². The molecule has 1 aliphatic rings. The van der Waals surface area contributed by atoms with Gasteiger partial charge in [0, 0.05) is 38.0 Å². The minimum absolute atomic E-state index is 0.506. The Bertz CT molecular complexity index is 469. The molecule has 0 unspecified atom stereocenters. The molecule has 1 saturated carbocycles. The van der Waals surface area contributed by atoms with Gasteiger partial charge in [0.25, 0.3) is 0 Å². The Kier molecular flexibility index (Phi) is 8.39. The highest BCUT2D eigenvalue weighted by atomic mass is 32.1. The van der Waals surface area contributed by atoms with Crippen molar-refractivity contribution >= 4 is 17.3 Å². The van der Waals surface area contributed by atoms with Crippen LogP contribution in [0.5, 0.6) is 0 Å². The van der Waals surface area contributed by atoms with Gasteiger partial charge in [0.05, 0.1) is 16.8 Å². The van der Waals surface area contributed by atoms with Crippen LogP contribution < -0.4 is 10.6 Å². The molecule has 2 N–H and O–H groups in total. The molecule has 0 amide bonds. The first-order valence-corrected chi connectivity index (χ1v) is 9.70. The minimum Gasteiger partial charge on any atom is -0.378 e. The molecule has 1 aromatic rings. The molecule has 0 atom stereocenters. The molecule has 23 heavy (non-hydrogen) atoms. The zero-order valence-corrected chi connectivity index (χ0v) is 15.3. The second-order valence-electron chi connectivity index (χ2n) is 5.93. The van der Waals surface area contributed by atoms with E-state index < -0.39 is 0 Å². The van der Waals surface area contributed by atoms with Crippen LogP contribution in [0.1, 0.15) is 49.7 Å². The number of aryl methyl sites for hydroxylation is 1. The highest BCUT2D eigenvalue weighted by Gasteiger charge is 2.14. The van der Waals surface area contributed by atoms with Gasteiger partial charge in [-0.1, -0.05) is 12.8 Å². The molecule has 0 bridgehead atoms. The fourth-order valence-electron chi connectivity index (χ4n) is 2.73. The molecular formula is C17H30N4OS. The van der Waals surface area contributed by atoms with Crippen LogP contribution in [-0.2, 0) is 11.2 Å². The Morgan fingerprint density at radius 1 is 1.39 bits per heavy atom. The molecule has 1 fully saturated rings. The zero-order valence-electron chi connectivity index (χ0n) is 14.4. The van der Waals surface area contributed by atoms with Gasteiger partial charge in [-0.15, -0.1) is 11.3 Å². The van der Waals surface area contributed by atoms with E-state index in [1.165, 1.54) is 25.7 Å². The van der Waals surface area contributed by atoms with E-state index in [-0.39, 0.29) is 0 Å². The lowest BCUT2D eigenvalue weighted by atomic mass is 10.3. The molecule has 1 aliphatic carbocycles. The highest BCUT2D eigenvalue weighted by molar-refractivity contribution is 7.09. The van der Waals surface area contributed by atoms with Gasteiger partial charge in [-0.2, -0.15) is 0 Å². The fraction of sp³-hybridized carbons (Fsp3) is 0.765. The Balaban J connectivity index is 1.60. The molecule has 5 nitrogen and oxygen atoms in total. The predicted octanol–water partition coefficient (Wildman–Crippen LogP) is 2.90. The van der Waals surface area contributed by atoms with E-state index in [0.717, 1.165) is 55.7 Å². The Hall–Kier alpha value is -1.14. The van der Waals surface area contributed by atoms with Gasteiger partial charge in [0.15, 0.2) is 5.96 Å². The molecule has 0 saturated heterocycles. The van der Waals surface area contributed by atoms with Gasteiger partial charge in [-0.25, -0.2) is 4.98 Å². The minimum atomic E-state index is 0.506. The van der Waals surface area contributed by atoms with Crippen LogP contribution in [0.3, 0.4) is 0 Å². The van der Waals surface area contributed by atoms with E-state index in [4.69, 9.17) is 4.74 Å². The van der Waals surface area contributed by atoms with Crippen molar-refractivity contribution < 1.29 is 4.74 Å². The quantitative estimate of drug-likeness (QED) is 0.413. The number of hydrogen-bond acceptors (Lipinski definition) is 4. The summed E-state index contributed by atoms with van der Waals surface area (Å²) in [6.07, 6.45) is 7.56. The summed E-state index contributed by atoms with van der Waals surface area (Å²) in [4.78, 5) is 9.09. The van der Waals surface area contributed by atoms with Gasteiger partial charge in [0.1, 0.15) is 0 Å². The van der Waals surface area contributed by atoms with Crippen molar-refractivity contribution in [1.29, 1.82) is 0 Å². The van der Waals surface area contributed by atoms with E-state index in [1.54, 1.807) is 11.3 Å². The van der Waals surface area contributed by atoms with Crippen LogP contribution in [0.2, 0.25) is 0 Å². The smallest absolute Gasteiger partial charge is 0.191 e. The van der Waals surface area contributed by atoms with Crippen LogP contribution >= 0.6 is 11.3 Å². The maximum absolute atomic E-state index is 5.87. The van der Waals surface area contributed by atoms with Crippen LogP contribution in [0, 0.1) is 6.92 Å². The number of hydrogen-bond donors (Lipinski definition) is 2. The van der Waals surface area contributed by atoms with E-state index in [2.05, 4.69) is 32.9 Å². The normalized spacial score (nSPS) is 16.0. The van der Waals surface area contributed by atoms with Gasteiger partial charge < -0.3 is 15.4 Å². The van der Waals surface area contributed by atoms with Crippen molar-refractivity contribution in [3.05, 3.63) is 16.1 Å². The lowest BCUT2D eigenvalue weighted by Gasteiger charge is -2.12. The van der Waals surface area contributed by atoms with Gasteiger partial charge in [-0.05, 0) is 33.1 Å². The molecular weight excluding hydrogens is 308 g/mol. The second-order valence-corrected chi connectivity index (χ2v) is 6.99. The summed E-state index contributed by atoms with van der Waals surface area (Å²) in [6, 6.07) is 0. The molecule has 0 aliphatic heterocycles. The summed E-state index contributed by atoms with van der Waals surface area (Å²) in [5, 5.41) is 9.91.